The molecule has 1 amide bonds. The van der Waals surface area contributed by atoms with Gasteiger partial charge < -0.3 is 0 Å². The Hall–Kier alpha value is -0.460. The molecule has 8 heteroatoms. The van der Waals surface area contributed by atoms with Crippen molar-refractivity contribution in [3.05, 3.63) is 35.4 Å². The molecular formula is C9H7Cl3N2O2S. The predicted molar refractivity (Wildman–Crippen MR) is 70.1 cm³/mol. The third kappa shape index (κ3) is 4.37. The first-order valence-electron chi connectivity index (χ1n) is 4.24. The Morgan fingerprint density at radius 2 is 1.94 bits per heavy atom. The van der Waals surface area contributed by atoms with Crippen LogP contribution in [0.2, 0.25) is 0 Å². The maximum absolute atomic E-state index is 11.8. The smallest absolute Gasteiger partial charge is 0.278 e. The zero-order valence-corrected chi connectivity index (χ0v) is 11.4. The van der Waals surface area contributed by atoms with Crippen LogP contribution in [0.1, 0.15) is 20.7 Å². The minimum atomic E-state index is -1.75. The van der Waals surface area contributed by atoms with Crippen LogP contribution in [0.15, 0.2) is 24.3 Å². The fraction of sp³-hybridized carbons (Fsp3) is 0.111. The van der Waals surface area contributed by atoms with Crippen molar-refractivity contribution in [2.45, 2.75) is 3.12 Å². The summed E-state index contributed by atoms with van der Waals surface area (Å²) in [7, 11) is 0. The number of hydrogen-bond acceptors (Lipinski definition) is 4. The lowest BCUT2D eigenvalue weighted by atomic mass is 10.1. The summed E-state index contributed by atoms with van der Waals surface area (Å²) in [6, 6.07) is 6.19. The summed E-state index contributed by atoms with van der Waals surface area (Å²) in [6.07, 6.45) is 0.557. The van der Waals surface area contributed by atoms with Gasteiger partial charge in [-0.25, -0.2) is 10.3 Å². The van der Waals surface area contributed by atoms with Gasteiger partial charge in [-0.05, 0) is 6.07 Å². The minimum absolute atomic E-state index is 0.145. The van der Waals surface area contributed by atoms with Gasteiger partial charge in [0, 0.05) is 17.5 Å². The van der Waals surface area contributed by atoms with E-state index < -0.39 is 9.03 Å². The van der Waals surface area contributed by atoms with E-state index in [1.54, 1.807) is 12.1 Å². The maximum atomic E-state index is 11.8. The zero-order valence-electron chi connectivity index (χ0n) is 8.27. The van der Waals surface area contributed by atoms with Crippen LogP contribution in [0.3, 0.4) is 0 Å². The molecule has 0 spiro atoms. The Morgan fingerprint density at radius 1 is 1.35 bits per heavy atom. The Kier molecular flexibility index (Phi) is 5.09. The second-order valence-corrected chi connectivity index (χ2v) is 7.01. The summed E-state index contributed by atoms with van der Waals surface area (Å²) < 4.78 is -1.07. The van der Waals surface area contributed by atoms with Crippen molar-refractivity contribution >= 4 is 58.9 Å². The molecule has 1 rings (SSSR count). The average molecular weight is 314 g/mol. The molecule has 1 aromatic carbocycles. The van der Waals surface area contributed by atoms with Crippen LogP contribution in [0.25, 0.3) is 0 Å². The van der Waals surface area contributed by atoms with Crippen molar-refractivity contribution in [2.75, 3.05) is 0 Å². The van der Waals surface area contributed by atoms with E-state index in [9.17, 15) is 9.59 Å². The number of hydrazine groups is 1. The topological polar surface area (TPSA) is 63.4 Å². The zero-order chi connectivity index (χ0) is 13.1. The second kappa shape index (κ2) is 5.93. The van der Waals surface area contributed by atoms with Crippen LogP contribution in [-0.4, -0.2) is 19.7 Å². The van der Waals surface area contributed by atoms with E-state index in [2.05, 4.69) is 0 Å². The van der Waals surface area contributed by atoms with Crippen molar-refractivity contribution in [1.82, 2.24) is 4.41 Å². The molecule has 0 saturated heterocycles. The highest BCUT2D eigenvalue weighted by Crippen LogP contribution is 2.40. The summed E-state index contributed by atoms with van der Waals surface area (Å²) in [5.41, 5.74) is 0.365. The van der Waals surface area contributed by atoms with E-state index in [1.807, 2.05) is 0 Å². The van der Waals surface area contributed by atoms with E-state index in [-0.39, 0.29) is 11.1 Å². The number of rotatable bonds is 3. The van der Waals surface area contributed by atoms with E-state index in [4.69, 9.17) is 40.6 Å². The molecule has 0 aliphatic heterocycles. The minimum Gasteiger partial charge on any atom is -0.298 e. The Balaban J connectivity index is 2.93. The number of halogens is 3. The number of nitrogens with zero attached hydrogens (tertiary/aromatic N) is 1. The first-order chi connectivity index (χ1) is 7.85. The molecule has 0 unspecified atom stereocenters. The molecule has 0 atom stereocenters. The number of amides is 1. The van der Waals surface area contributed by atoms with Gasteiger partial charge in [0.05, 0.1) is 5.56 Å². The highest BCUT2D eigenvalue weighted by Gasteiger charge is 2.28. The third-order valence-electron chi connectivity index (χ3n) is 1.72. The van der Waals surface area contributed by atoms with Crippen LogP contribution in [0.5, 0.6) is 0 Å². The number of alkyl halides is 3. The van der Waals surface area contributed by atoms with Gasteiger partial charge in [0.25, 0.3) is 9.03 Å². The van der Waals surface area contributed by atoms with Crippen molar-refractivity contribution < 1.29 is 9.59 Å². The van der Waals surface area contributed by atoms with E-state index >= 15 is 0 Å². The van der Waals surface area contributed by atoms with Crippen LogP contribution < -0.4 is 5.84 Å². The number of benzene rings is 1. The molecule has 92 valence electrons. The normalized spacial score (nSPS) is 11.1. The predicted octanol–water partition coefficient (Wildman–Crippen LogP) is 2.79. The number of nitrogens with two attached hydrogens (primary N) is 1. The lowest BCUT2D eigenvalue weighted by Crippen LogP contribution is -2.33. The average Bonchev–Trinajstić information content (AvgIpc) is 2.25. The molecule has 0 bridgehead atoms. The van der Waals surface area contributed by atoms with Crippen molar-refractivity contribution in [2.24, 2.45) is 5.84 Å². The maximum Gasteiger partial charge on any atom is 0.278 e. The second-order valence-electron chi connectivity index (χ2n) is 2.87. The number of hydrogen-bond donors (Lipinski definition) is 1. The standard InChI is InChI=1S/C9H7Cl3N2O2S/c10-9(11,12)17-14(13)8(16)7-4-2-1-3-6(7)5-15/h1-5H,13H2. The molecular weight excluding hydrogens is 307 g/mol. The fourth-order valence-corrected chi connectivity index (χ4v) is 2.14. The Labute approximate surface area is 117 Å². The van der Waals surface area contributed by atoms with Crippen LogP contribution in [-0.2, 0) is 0 Å². The van der Waals surface area contributed by atoms with E-state index in [0.29, 0.717) is 22.6 Å². The van der Waals surface area contributed by atoms with Crippen molar-refractivity contribution in [3.63, 3.8) is 0 Å². The quantitative estimate of drug-likeness (QED) is 0.233. The monoisotopic (exact) mass is 312 g/mol. The molecule has 0 heterocycles. The number of aldehydes is 1. The largest absolute Gasteiger partial charge is 0.298 e. The van der Waals surface area contributed by atoms with Gasteiger partial charge in [-0.1, -0.05) is 53.0 Å². The summed E-state index contributed by atoms with van der Waals surface area (Å²) in [5, 5.41) is 0. The fourth-order valence-electron chi connectivity index (χ4n) is 1.07. The van der Waals surface area contributed by atoms with E-state index in [0.717, 1.165) is 0 Å². The van der Waals surface area contributed by atoms with E-state index in [1.165, 1.54) is 12.1 Å². The molecule has 0 aliphatic rings. The first kappa shape index (κ1) is 14.6. The molecule has 0 saturated carbocycles. The summed E-state index contributed by atoms with van der Waals surface area (Å²) in [5.74, 6) is 4.82. The van der Waals surface area contributed by atoms with Gasteiger partial charge in [0.1, 0.15) is 0 Å². The highest BCUT2D eigenvalue weighted by molar-refractivity contribution is 8.03. The molecule has 0 aromatic heterocycles. The van der Waals surface area contributed by atoms with Crippen molar-refractivity contribution in [1.29, 1.82) is 0 Å². The molecule has 4 nitrogen and oxygen atoms in total. The van der Waals surface area contributed by atoms with Gasteiger partial charge in [-0.3, -0.25) is 9.59 Å². The lowest BCUT2D eigenvalue weighted by molar-refractivity contribution is 0.0868. The molecule has 2 N–H and O–H groups in total. The van der Waals surface area contributed by atoms with Gasteiger partial charge in [-0.15, -0.1) is 0 Å². The molecule has 0 aliphatic carbocycles. The Morgan fingerprint density at radius 3 is 2.47 bits per heavy atom. The van der Waals surface area contributed by atoms with Crippen LogP contribution in [0.4, 0.5) is 0 Å². The van der Waals surface area contributed by atoms with Crippen LogP contribution in [0, 0.1) is 0 Å². The summed E-state index contributed by atoms with van der Waals surface area (Å²) in [4.78, 5) is 22.6. The molecule has 17 heavy (non-hydrogen) atoms. The first-order valence-corrected chi connectivity index (χ1v) is 6.15. The van der Waals surface area contributed by atoms with Crippen LogP contribution >= 0.6 is 46.8 Å². The SMILES string of the molecule is NN(SC(Cl)(Cl)Cl)C(=O)c1ccccc1C=O. The number of carbonyl (C=O) groups excluding carboxylic acids is 2. The molecule has 0 fully saturated rings. The van der Waals surface area contributed by atoms with Gasteiger partial charge in [0.2, 0.25) is 0 Å². The van der Waals surface area contributed by atoms with Gasteiger partial charge in [-0.2, -0.15) is 0 Å². The molecule has 0 radical (unpaired) electrons. The van der Waals surface area contributed by atoms with Gasteiger partial charge in [0.15, 0.2) is 6.29 Å². The Bertz CT molecular complexity index is 436. The highest BCUT2D eigenvalue weighted by atomic mass is 35.6. The summed E-state index contributed by atoms with van der Waals surface area (Å²) in [6.45, 7) is 0. The van der Waals surface area contributed by atoms with Gasteiger partial charge >= 0.3 is 0 Å². The van der Waals surface area contributed by atoms with Crippen molar-refractivity contribution in [3.8, 4) is 0 Å². The number of carbonyl (C=O) groups is 2. The third-order valence-corrected chi connectivity index (χ3v) is 2.91. The lowest BCUT2D eigenvalue weighted by Gasteiger charge is -2.19. The molecule has 1 aromatic rings. The summed E-state index contributed by atoms with van der Waals surface area (Å²) >= 11 is 17.0.